The van der Waals surface area contributed by atoms with Crippen LogP contribution < -0.4 is 5.32 Å². The Morgan fingerprint density at radius 1 is 1.22 bits per heavy atom. The zero-order valence-electron chi connectivity index (χ0n) is 6.14. The lowest BCUT2D eigenvalue weighted by Crippen LogP contribution is -2.07. The van der Waals surface area contributed by atoms with Gasteiger partial charge in [-0.15, -0.1) is 0 Å². The second kappa shape index (κ2) is 7.92. The van der Waals surface area contributed by atoms with E-state index in [9.17, 15) is 0 Å². The summed E-state index contributed by atoms with van der Waals surface area (Å²) in [6, 6.07) is 0. The second-order valence-electron chi connectivity index (χ2n) is 2.10. The Labute approximate surface area is 57.3 Å². The largest absolute Gasteiger partial charge is 0.396 e. The Kier molecular flexibility index (Phi) is 7.85. The van der Waals surface area contributed by atoms with E-state index in [4.69, 9.17) is 5.11 Å². The summed E-state index contributed by atoms with van der Waals surface area (Å²) >= 11 is 0. The molecule has 0 aliphatic carbocycles. The van der Waals surface area contributed by atoms with Crippen LogP contribution in [0, 0.1) is 0 Å². The summed E-state index contributed by atoms with van der Waals surface area (Å²) in [5, 5.41) is 12.6. The maximum Gasteiger partial charge on any atom is 0.0431 e. The highest BCUT2D eigenvalue weighted by Crippen LogP contribution is 1.84. The van der Waals surface area contributed by atoms with E-state index in [-0.39, 0.29) is 0 Å². The van der Waals surface area contributed by atoms with Crippen molar-refractivity contribution in [3.05, 3.63) is 0 Å². The standard InChI is InChI=1S/C7H16NO/c1-2-5-8-6-3-4-7-9/h9H,2-7H2,1H3. The maximum absolute atomic E-state index is 8.38. The molecule has 0 aliphatic heterocycles. The van der Waals surface area contributed by atoms with Crippen molar-refractivity contribution in [1.82, 2.24) is 5.32 Å². The first-order chi connectivity index (χ1) is 4.41. The fourth-order valence-corrected chi connectivity index (χ4v) is 0.605. The van der Waals surface area contributed by atoms with Gasteiger partial charge < -0.3 is 5.11 Å². The van der Waals surface area contributed by atoms with Gasteiger partial charge in [0.1, 0.15) is 0 Å². The van der Waals surface area contributed by atoms with E-state index < -0.39 is 0 Å². The molecular weight excluding hydrogens is 114 g/mol. The third kappa shape index (κ3) is 7.92. The fraction of sp³-hybridized carbons (Fsp3) is 1.00. The molecular formula is C7H16NO. The van der Waals surface area contributed by atoms with E-state index >= 15 is 0 Å². The van der Waals surface area contributed by atoms with E-state index in [1.54, 1.807) is 0 Å². The monoisotopic (exact) mass is 130 g/mol. The van der Waals surface area contributed by atoms with E-state index in [0.29, 0.717) is 6.61 Å². The molecule has 0 unspecified atom stereocenters. The van der Waals surface area contributed by atoms with Gasteiger partial charge >= 0.3 is 0 Å². The van der Waals surface area contributed by atoms with Gasteiger partial charge in [0.25, 0.3) is 0 Å². The van der Waals surface area contributed by atoms with Crippen molar-refractivity contribution < 1.29 is 5.11 Å². The minimum atomic E-state index is 0.307. The Bertz CT molecular complexity index is 42.2. The van der Waals surface area contributed by atoms with Gasteiger partial charge in [-0.3, -0.25) is 0 Å². The molecule has 0 aromatic heterocycles. The van der Waals surface area contributed by atoms with E-state index in [1.165, 1.54) is 0 Å². The van der Waals surface area contributed by atoms with Crippen LogP contribution in [0.1, 0.15) is 26.2 Å². The first kappa shape index (κ1) is 8.92. The van der Waals surface area contributed by atoms with Gasteiger partial charge in [-0.2, -0.15) is 0 Å². The van der Waals surface area contributed by atoms with Crippen molar-refractivity contribution in [2.75, 3.05) is 19.7 Å². The van der Waals surface area contributed by atoms with Gasteiger partial charge in [-0.1, -0.05) is 6.92 Å². The number of unbranched alkanes of at least 4 members (excludes halogenated alkanes) is 1. The molecule has 2 heteroatoms. The van der Waals surface area contributed by atoms with Gasteiger partial charge in [-0.25, -0.2) is 5.32 Å². The molecule has 0 spiro atoms. The lowest BCUT2D eigenvalue weighted by Gasteiger charge is -1.97. The predicted molar refractivity (Wildman–Crippen MR) is 38.5 cm³/mol. The van der Waals surface area contributed by atoms with Gasteiger partial charge in [-0.05, 0) is 19.3 Å². The maximum atomic E-state index is 8.38. The molecule has 0 atom stereocenters. The number of aliphatic hydroxyl groups is 1. The van der Waals surface area contributed by atoms with E-state index in [1.807, 2.05) is 0 Å². The van der Waals surface area contributed by atoms with Crippen LogP contribution in [0.2, 0.25) is 0 Å². The summed E-state index contributed by atoms with van der Waals surface area (Å²) in [6.45, 7) is 4.33. The molecule has 0 saturated carbocycles. The first-order valence-corrected chi connectivity index (χ1v) is 3.66. The van der Waals surface area contributed by atoms with Gasteiger partial charge in [0.05, 0.1) is 0 Å². The van der Waals surface area contributed by atoms with Crippen molar-refractivity contribution in [3.8, 4) is 0 Å². The van der Waals surface area contributed by atoms with Crippen molar-refractivity contribution in [2.24, 2.45) is 0 Å². The highest BCUT2D eigenvalue weighted by atomic mass is 16.2. The minimum absolute atomic E-state index is 0.307. The lowest BCUT2D eigenvalue weighted by molar-refractivity contribution is 0.283. The topological polar surface area (TPSA) is 34.3 Å². The summed E-state index contributed by atoms with van der Waals surface area (Å²) < 4.78 is 0. The third-order valence-electron chi connectivity index (χ3n) is 1.11. The lowest BCUT2D eigenvalue weighted by atomic mass is 10.3. The van der Waals surface area contributed by atoms with Crippen molar-refractivity contribution in [3.63, 3.8) is 0 Å². The molecule has 0 aliphatic rings. The second-order valence-corrected chi connectivity index (χ2v) is 2.10. The average Bonchev–Trinajstić information content (AvgIpc) is 1.89. The van der Waals surface area contributed by atoms with Crippen LogP contribution in [0.5, 0.6) is 0 Å². The van der Waals surface area contributed by atoms with Crippen LogP contribution >= 0.6 is 0 Å². The summed E-state index contributed by atoms with van der Waals surface area (Å²) in [6.07, 6.45) is 3.07. The Hall–Kier alpha value is -0.0800. The predicted octanol–water partition coefficient (Wildman–Crippen LogP) is 0.773. The molecule has 2 nitrogen and oxygen atoms in total. The van der Waals surface area contributed by atoms with Gasteiger partial charge in [0, 0.05) is 19.7 Å². The van der Waals surface area contributed by atoms with Crippen molar-refractivity contribution in [2.45, 2.75) is 26.2 Å². The summed E-state index contributed by atoms with van der Waals surface area (Å²) in [5.74, 6) is 0. The van der Waals surface area contributed by atoms with Crippen molar-refractivity contribution in [1.29, 1.82) is 0 Å². The number of hydrogen-bond donors (Lipinski definition) is 1. The zero-order valence-corrected chi connectivity index (χ0v) is 6.14. The number of nitrogens with zero attached hydrogens (tertiary/aromatic N) is 1. The molecule has 0 fully saturated rings. The average molecular weight is 130 g/mol. The smallest absolute Gasteiger partial charge is 0.0431 e. The highest BCUT2D eigenvalue weighted by molar-refractivity contribution is 4.44. The summed E-state index contributed by atoms with van der Waals surface area (Å²) in [5.41, 5.74) is 0. The Morgan fingerprint density at radius 3 is 2.56 bits per heavy atom. The SMILES string of the molecule is CCC[N]CCCCO. The normalized spacial score (nSPS) is 10.0. The van der Waals surface area contributed by atoms with Crippen LogP contribution in [0.3, 0.4) is 0 Å². The molecule has 0 bridgehead atoms. The van der Waals surface area contributed by atoms with Crippen molar-refractivity contribution >= 4 is 0 Å². The highest BCUT2D eigenvalue weighted by Gasteiger charge is 1.85. The van der Waals surface area contributed by atoms with Crippen LogP contribution in [0.25, 0.3) is 0 Å². The number of rotatable bonds is 6. The molecule has 0 aromatic rings. The Morgan fingerprint density at radius 2 is 2.00 bits per heavy atom. The summed E-state index contributed by atoms with van der Waals surface area (Å²) in [4.78, 5) is 0. The molecule has 1 radical (unpaired) electrons. The van der Waals surface area contributed by atoms with E-state index in [0.717, 1.165) is 32.4 Å². The quantitative estimate of drug-likeness (QED) is 0.529. The van der Waals surface area contributed by atoms with Crippen LogP contribution in [0.15, 0.2) is 0 Å². The van der Waals surface area contributed by atoms with Crippen LogP contribution in [-0.4, -0.2) is 24.8 Å². The zero-order chi connectivity index (χ0) is 6.95. The molecule has 0 aromatic carbocycles. The Balaban J connectivity index is 2.60. The number of hydrogen-bond acceptors (Lipinski definition) is 1. The molecule has 9 heavy (non-hydrogen) atoms. The van der Waals surface area contributed by atoms with E-state index in [2.05, 4.69) is 12.2 Å². The molecule has 1 N–H and O–H groups in total. The molecule has 0 rings (SSSR count). The molecule has 0 amide bonds. The molecule has 0 saturated heterocycles. The molecule has 0 heterocycles. The number of aliphatic hydroxyl groups excluding tert-OH is 1. The summed E-state index contributed by atoms with van der Waals surface area (Å²) in [7, 11) is 0. The van der Waals surface area contributed by atoms with Crippen LogP contribution in [0.4, 0.5) is 0 Å². The van der Waals surface area contributed by atoms with Gasteiger partial charge in [0.2, 0.25) is 0 Å². The third-order valence-corrected chi connectivity index (χ3v) is 1.11. The first-order valence-electron chi connectivity index (χ1n) is 3.66. The minimum Gasteiger partial charge on any atom is -0.396 e. The van der Waals surface area contributed by atoms with Gasteiger partial charge in [0.15, 0.2) is 0 Å². The van der Waals surface area contributed by atoms with Crippen LogP contribution in [-0.2, 0) is 0 Å². The fourth-order valence-electron chi connectivity index (χ4n) is 0.605. The molecule has 55 valence electrons.